The molecule has 0 radical (unpaired) electrons. The third-order valence-electron chi connectivity index (χ3n) is 1.25. The van der Waals surface area contributed by atoms with E-state index in [1.54, 1.807) is 6.08 Å². The van der Waals surface area contributed by atoms with E-state index in [0.717, 1.165) is 25.4 Å². The van der Waals surface area contributed by atoms with E-state index in [1.807, 2.05) is 6.08 Å². The van der Waals surface area contributed by atoms with Gasteiger partial charge < -0.3 is 5.32 Å². The molecule has 0 aliphatic heterocycles. The van der Waals surface area contributed by atoms with E-state index in [0.29, 0.717) is 0 Å². The summed E-state index contributed by atoms with van der Waals surface area (Å²) in [7, 11) is 0. The van der Waals surface area contributed by atoms with Crippen LogP contribution < -0.4 is 5.32 Å². The van der Waals surface area contributed by atoms with Crippen LogP contribution in [0.2, 0.25) is 0 Å². The van der Waals surface area contributed by atoms with Crippen LogP contribution >= 0.6 is 0 Å². The molecule has 0 aromatic rings. The van der Waals surface area contributed by atoms with Crippen LogP contribution in [0.4, 0.5) is 0 Å². The number of hydrogen-bond acceptors (Lipinski definition) is 1. The minimum Gasteiger partial charge on any atom is -0.316 e. The average molecular weight is 151 g/mol. The first-order valence-electron chi connectivity index (χ1n) is 4.09. The minimum absolute atomic E-state index is 0.728. The van der Waals surface area contributed by atoms with Crippen molar-refractivity contribution in [3.63, 3.8) is 0 Å². The molecule has 0 heterocycles. The standard InChI is InChI=1S/C10H17N/c1-4-5-6-7-8-11-9-10(2)3/h1,5-6,10-11H,7-9H2,2-3H3. The Hall–Kier alpha value is -0.740. The zero-order valence-corrected chi connectivity index (χ0v) is 7.43. The molecule has 0 spiro atoms. The quantitative estimate of drug-likeness (QED) is 0.467. The molecule has 0 atom stereocenters. The van der Waals surface area contributed by atoms with Gasteiger partial charge in [0, 0.05) is 0 Å². The fourth-order valence-corrected chi connectivity index (χ4v) is 0.728. The summed E-state index contributed by atoms with van der Waals surface area (Å²) in [5.41, 5.74) is 0. The highest BCUT2D eigenvalue weighted by atomic mass is 14.8. The largest absolute Gasteiger partial charge is 0.316 e. The Balaban J connectivity index is 3.04. The first-order chi connectivity index (χ1) is 5.27. The second kappa shape index (κ2) is 7.37. The maximum Gasteiger partial charge on any atom is -0.00138 e. The van der Waals surface area contributed by atoms with Gasteiger partial charge in [0.25, 0.3) is 0 Å². The summed E-state index contributed by atoms with van der Waals surface area (Å²) < 4.78 is 0. The summed E-state index contributed by atoms with van der Waals surface area (Å²) >= 11 is 0. The maximum absolute atomic E-state index is 5.03. The van der Waals surface area contributed by atoms with Gasteiger partial charge in [-0.15, -0.1) is 6.42 Å². The van der Waals surface area contributed by atoms with Crippen LogP contribution in [0, 0.1) is 18.3 Å². The average Bonchev–Trinajstić information content (AvgIpc) is 1.96. The van der Waals surface area contributed by atoms with Crippen LogP contribution in [-0.4, -0.2) is 13.1 Å². The van der Waals surface area contributed by atoms with E-state index in [2.05, 4.69) is 25.1 Å². The van der Waals surface area contributed by atoms with Crippen LogP contribution in [0.5, 0.6) is 0 Å². The van der Waals surface area contributed by atoms with Gasteiger partial charge in [-0.05, 0) is 31.5 Å². The highest BCUT2D eigenvalue weighted by molar-refractivity contribution is 5.08. The van der Waals surface area contributed by atoms with E-state index in [4.69, 9.17) is 6.42 Å². The van der Waals surface area contributed by atoms with Crippen molar-refractivity contribution in [1.29, 1.82) is 0 Å². The topological polar surface area (TPSA) is 12.0 Å². The first-order valence-corrected chi connectivity index (χ1v) is 4.09. The van der Waals surface area contributed by atoms with Gasteiger partial charge in [0.05, 0.1) is 0 Å². The van der Waals surface area contributed by atoms with Gasteiger partial charge in [0.1, 0.15) is 0 Å². The number of allylic oxidation sites excluding steroid dienone is 1. The molecule has 0 saturated carbocycles. The van der Waals surface area contributed by atoms with E-state index in [1.165, 1.54) is 0 Å². The lowest BCUT2D eigenvalue weighted by Gasteiger charge is -2.04. The Labute approximate surface area is 69.9 Å². The third-order valence-corrected chi connectivity index (χ3v) is 1.25. The molecular weight excluding hydrogens is 134 g/mol. The molecule has 0 amide bonds. The Morgan fingerprint density at radius 1 is 1.55 bits per heavy atom. The van der Waals surface area contributed by atoms with E-state index in [-0.39, 0.29) is 0 Å². The Bertz CT molecular complexity index is 139. The highest BCUT2D eigenvalue weighted by Crippen LogP contribution is 1.87. The van der Waals surface area contributed by atoms with Gasteiger partial charge >= 0.3 is 0 Å². The fraction of sp³-hybridized carbons (Fsp3) is 0.600. The van der Waals surface area contributed by atoms with Crippen molar-refractivity contribution in [2.45, 2.75) is 20.3 Å². The molecule has 1 nitrogen and oxygen atoms in total. The molecule has 0 aliphatic carbocycles. The summed E-state index contributed by atoms with van der Waals surface area (Å²) in [5.74, 6) is 3.19. The predicted molar refractivity (Wildman–Crippen MR) is 50.3 cm³/mol. The summed E-state index contributed by atoms with van der Waals surface area (Å²) in [6.07, 6.45) is 9.81. The van der Waals surface area contributed by atoms with Crippen LogP contribution in [0.1, 0.15) is 20.3 Å². The maximum atomic E-state index is 5.03. The van der Waals surface area contributed by atoms with E-state index < -0.39 is 0 Å². The number of rotatable bonds is 5. The predicted octanol–water partition coefficient (Wildman–Crippen LogP) is 1.81. The van der Waals surface area contributed by atoms with Crippen LogP contribution in [-0.2, 0) is 0 Å². The van der Waals surface area contributed by atoms with Crippen LogP contribution in [0.15, 0.2) is 12.2 Å². The lowest BCUT2D eigenvalue weighted by molar-refractivity contribution is 0.557. The molecule has 1 heteroatoms. The van der Waals surface area contributed by atoms with Gasteiger partial charge in [-0.3, -0.25) is 0 Å². The summed E-state index contributed by atoms with van der Waals surface area (Å²) in [6, 6.07) is 0. The normalized spacial score (nSPS) is 10.7. The van der Waals surface area contributed by atoms with Crippen molar-refractivity contribution in [3.8, 4) is 12.3 Å². The minimum atomic E-state index is 0.728. The first kappa shape index (κ1) is 10.3. The summed E-state index contributed by atoms with van der Waals surface area (Å²) in [6.45, 7) is 6.51. The van der Waals surface area contributed by atoms with Crippen molar-refractivity contribution < 1.29 is 0 Å². The molecule has 0 unspecified atom stereocenters. The van der Waals surface area contributed by atoms with E-state index >= 15 is 0 Å². The summed E-state index contributed by atoms with van der Waals surface area (Å²) in [5, 5.41) is 3.32. The number of nitrogens with one attached hydrogen (secondary N) is 1. The SMILES string of the molecule is C#CC=CCCNCC(C)C. The van der Waals surface area contributed by atoms with Crippen molar-refractivity contribution in [3.05, 3.63) is 12.2 Å². The lowest BCUT2D eigenvalue weighted by Crippen LogP contribution is -2.20. The Morgan fingerprint density at radius 3 is 2.82 bits per heavy atom. The molecule has 1 N–H and O–H groups in total. The molecule has 0 fully saturated rings. The highest BCUT2D eigenvalue weighted by Gasteiger charge is 1.89. The monoisotopic (exact) mass is 151 g/mol. The second-order valence-corrected chi connectivity index (χ2v) is 2.96. The smallest absolute Gasteiger partial charge is 0.00138 e. The third kappa shape index (κ3) is 9.26. The number of terminal acetylenes is 1. The van der Waals surface area contributed by atoms with Gasteiger partial charge in [0.15, 0.2) is 0 Å². The molecule has 0 aromatic carbocycles. The summed E-state index contributed by atoms with van der Waals surface area (Å²) in [4.78, 5) is 0. The molecule has 0 aliphatic rings. The molecule has 0 bridgehead atoms. The fourth-order valence-electron chi connectivity index (χ4n) is 0.728. The van der Waals surface area contributed by atoms with Gasteiger partial charge in [-0.25, -0.2) is 0 Å². The van der Waals surface area contributed by atoms with Crippen LogP contribution in [0.3, 0.4) is 0 Å². The Kier molecular flexibility index (Phi) is 6.87. The zero-order chi connectivity index (χ0) is 8.53. The van der Waals surface area contributed by atoms with Crippen molar-refractivity contribution in [2.75, 3.05) is 13.1 Å². The molecular formula is C10H17N. The van der Waals surface area contributed by atoms with Crippen molar-refractivity contribution >= 4 is 0 Å². The zero-order valence-electron chi connectivity index (χ0n) is 7.43. The van der Waals surface area contributed by atoms with Gasteiger partial charge in [0.2, 0.25) is 0 Å². The molecule has 0 rings (SSSR count). The number of hydrogen-bond donors (Lipinski definition) is 1. The Morgan fingerprint density at radius 2 is 2.27 bits per heavy atom. The van der Waals surface area contributed by atoms with Crippen molar-refractivity contribution in [1.82, 2.24) is 5.32 Å². The molecule has 0 saturated heterocycles. The van der Waals surface area contributed by atoms with E-state index in [9.17, 15) is 0 Å². The lowest BCUT2D eigenvalue weighted by atomic mass is 10.2. The van der Waals surface area contributed by atoms with Gasteiger partial charge in [-0.2, -0.15) is 0 Å². The molecule has 0 aromatic heterocycles. The second-order valence-electron chi connectivity index (χ2n) is 2.96. The van der Waals surface area contributed by atoms with Crippen LogP contribution in [0.25, 0.3) is 0 Å². The molecule has 62 valence electrons. The molecule has 11 heavy (non-hydrogen) atoms. The van der Waals surface area contributed by atoms with Gasteiger partial charge in [-0.1, -0.05) is 25.8 Å². The van der Waals surface area contributed by atoms with Crippen molar-refractivity contribution in [2.24, 2.45) is 5.92 Å².